The molecule has 0 fully saturated rings. The van der Waals surface area contributed by atoms with Crippen molar-refractivity contribution in [3.63, 3.8) is 0 Å². The minimum absolute atomic E-state index is 0.0549. The van der Waals surface area contributed by atoms with Crippen molar-refractivity contribution < 1.29 is 9.90 Å². The average Bonchev–Trinajstić information content (AvgIpc) is 2.01. The molecular weight excluding hydrogens is 180 g/mol. The molecule has 0 spiro atoms. The topological polar surface area (TPSA) is 63.1 Å². The lowest BCUT2D eigenvalue weighted by molar-refractivity contribution is 0.0689. The summed E-state index contributed by atoms with van der Waals surface area (Å²) in [7, 11) is 0. The number of nitrogens with zero attached hydrogens (tertiary/aromatic N) is 2. The van der Waals surface area contributed by atoms with Gasteiger partial charge in [-0.15, -0.1) is 0 Å². The van der Waals surface area contributed by atoms with Crippen LogP contribution in [0.15, 0.2) is 12.3 Å². The van der Waals surface area contributed by atoms with Crippen molar-refractivity contribution in [2.75, 3.05) is 0 Å². The SMILES string of the molecule is CC(C)(C)Cc1nccc(C(=O)O)n1. The largest absolute Gasteiger partial charge is 0.477 e. The van der Waals surface area contributed by atoms with Gasteiger partial charge in [-0.05, 0) is 11.5 Å². The Morgan fingerprint density at radius 2 is 2.14 bits per heavy atom. The molecular formula is C10H14N2O2. The van der Waals surface area contributed by atoms with Crippen LogP contribution in [0.5, 0.6) is 0 Å². The van der Waals surface area contributed by atoms with E-state index in [1.165, 1.54) is 12.3 Å². The molecule has 1 aromatic rings. The Balaban J connectivity index is 2.89. The van der Waals surface area contributed by atoms with Crippen molar-refractivity contribution in [3.8, 4) is 0 Å². The van der Waals surface area contributed by atoms with Crippen LogP contribution in [0, 0.1) is 5.41 Å². The quantitative estimate of drug-likeness (QED) is 0.779. The first-order valence-electron chi connectivity index (χ1n) is 4.44. The third kappa shape index (κ3) is 3.12. The van der Waals surface area contributed by atoms with Crippen molar-refractivity contribution in [3.05, 3.63) is 23.8 Å². The Hall–Kier alpha value is -1.45. The maximum atomic E-state index is 10.6. The van der Waals surface area contributed by atoms with E-state index in [0.29, 0.717) is 12.2 Å². The molecule has 0 unspecified atom stereocenters. The van der Waals surface area contributed by atoms with Gasteiger partial charge in [-0.2, -0.15) is 0 Å². The van der Waals surface area contributed by atoms with Crippen LogP contribution in [-0.2, 0) is 6.42 Å². The minimum atomic E-state index is -1.01. The van der Waals surface area contributed by atoms with E-state index in [-0.39, 0.29) is 11.1 Å². The molecule has 0 aromatic carbocycles. The van der Waals surface area contributed by atoms with E-state index >= 15 is 0 Å². The highest BCUT2D eigenvalue weighted by molar-refractivity contribution is 5.85. The Morgan fingerprint density at radius 1 is 1.50 bits per heavy atom. The summed E-state index contributed by atoms with van der Waals surface area (Å²) in [5.41, 5.74) is 0.121. The van der Waals surface area contributed by atoms with E-state index in [0.717, 1.165) is 0 Å². The van der Waals surface area contributed by atoms with E-state index in [1.54, 1.807) is 0 Å². The molecule has 0 bridgehead atoms. The summed E-state index contributed by atoms with van der Waals surface area (Å²) in [6, 6.07) is 1.40. The predicted molar refractivity (Wildman–Crippen MR) is 52.2 cm³/mol. The molecule has 0 aliphatic heterocycles. The Morgan fingerprint density at radius 3 is 2.64 bits per heavy atom. The van der Waals surface area contributed by atoms with E-state index in [2.05, 4.69) is 30.7 Å². The van der Waals surface area contributed by atoms with E-state index in [4.69, 9.17) is 5.11 Å². The maximum absolute atomic E-state index is 10.6. The van der Waals surface area contributed by atoms with Crippen LogP contribution in [0.2, 0.25) is 0 Å². The number of carbonyl (C=O) groups is 1. The normalized spacial score (nSPS) is 11.4. The lowest BCUT2D eigenvalue weighted by atomic mass is 9.92. The van der Waals surface area contributed by atoms with Gasteiger partial charge in [0.15, 0.2) is 5.69 Å². The summed E-state index contributed by atoms with van der Waals surface area (Å²) in [5.74, 6) is -0.431. The fourth-order valence-electron chi connectivity index (χ4n) is 1.08. The molecule has 1 heterocycles. The fourth-order valence-corrected chi connectivity index (χ4v) is 1.08. The highest BCUT2D eigenvalue weighted by Crippen LogP contribution is 2.17. The second-order valence-corrected chi connectivity index (χ2v) is 4.40. The average molecular weight is 194 g/mol. The summed E-state index contributed by atoms with van der Waals surface area (Å²) in [4.78, 5) is 18.6. The lowest BCUT2D eigenvalue weighted by Gasteiger charge is -2.16. The number of carboxylic acid groups (broad SMARTS) is 1. The molecule has 14 heavy (non-hydrogen) atoms. The van der Waals surface area contributed by atoms with Crippen molar-refractivity contribution in [2.45, 2.75) is 27.2 Å². The zero-order chi connectivity index (χ0) is 10.8. The van der Waals surface area contributed by atoms with Crippen molar-refractivity contribution in [1.29, 1.82) is 0 Å². The van der Waals surface area contributed by atoms with Crippen LogP contribution >= 0.6 is 0 Å². The van der Waals surface area contributed by atoms with Gasteiger partial charge < -0.3 is 5.11 Å². The Bertz CT molecular complexity index is 342. The first kappa shape index (κ1) is 10.6. The summed E-state index contributed by atoms with van der Waals surface area (Å²) < 4.78 is 0. The van der Waals surface area contributed by atoms with Crippen LogP contribution in [0.1, 0.15) is 37.1 Å². The number of hydrogen-bond acceptors (Lipinski definition) is 3. The third-order valence-corrected chi connectivity index (χ3v) is 1.61. The van der Waals surface area contributed by atoms with Crippen molar-refractivity contribution >= 4 is 5.97 Å². The zero-order valence-electron chi connectivity index (χ0n) is 8.61. The molecule has 0 aliphatic rings. The van der Waals surface area contributed by atoms with Crippen LogP contribution in [0.25, 0.3) is 0 Å². The molecule has 4 nitrogen and oxygen atoms in total. The number of carboxylic acids is 1. The number of rotatable bonds is 2. The molecule has 76 valence electrons. The van der Waals surface area contributed by atoms with Gasteiger partial charge >= 0.3 is 5.97 Å². The standard InChI is InChI=1S/C10H14N2O2/c1-10(2,3)6-8-11-5-4-7(12-8)9(13)14/h4-5H,6H2,1-3H3,(H,13,14). The fraction of sp³-hybridized carbons (Fsp3) is 0.500. The Kier molecular flexibility index (Phi) is 2.84. The van der Waals surface area contributed by atoms with Gasteiger partial charge in [-0.1, -0.05) is 20.8 Å². The summed E-state index contributed by atoms with van der Waals surface area (Å²) in [6.45, 7) is 6.18. The van der Waals surface area contributed by atoms with Crippen molar-refractivity contribution in [2.24, 2.45) is 5.41 Å². The second kappa shape index (κ2) is 3.74. The molecule has 4 heteroatoms. The molecule has 0 aliphatic carbocycles. The molecule has 0 saturated carbocycles. The summed E-state index contributed by atoms with van der Waals surface area (Å²) in [5, 5.41) is 8.72. The van der Waals surface area contributed by atoms with Gasteiger partial charge in [0, 0.05) is 12.6 Å². The number of aromatic carboxylic acids is 1. The van der Waals surface area contributed by atoms with Gasteiger partial charge in [0.25, 0.3) is 0 Å². The number of hydrogen-bond donors (Lipinski definition) is 1. The van der Waals surface area contributed by atoms with Crippen LogP contribution in [-0.4, -0.2) is 21.0 Å². The molecule has 1 N–H and O–H groups in total. The van der Waals surface area contributed by atoms with Gasteiger partial charge in [0.1, 0.15) is 5.82 Å². The van der Waals surface area contributed by atoms with E-state index < -0.39 is 5.97 Å². The zero-order valence-corrected chi connectivity index (χ0v) is 8.61. The monoisotopic (exact) mass is 194 g/mol. The molecule has 1 rings (SSSR count). The van der Waals surface area contributed by atoms with Gasteiger partial charge in [-0.3, -0.25) is 0 Å². The highest BCUT2D eigenvalue weighted by atomic mass is 16.4. The van der Waals surface area contributed by atoms with Crippen LogP contribution in [0.4, 0.5) is 0 Å². The summed E-state index contributed by atoms with van der Waals surface area (Å²) in [6.07, 6.45) is 2.16. The van der Waals surface area contributed by atoms with Crippen LogP contribution in [0.3, 0.4) is 0 Å². The van der Waals surface area contributed by atoms with Gasteiger partial charge in [0.2, 0.25) is 0 Å². The number of aromatic nitrogens is 2. The highest BCUT2D eigenvalue weighted by Gasteiger charge is 2.14. The first-order valence-corrected chi connectivity index (χ1v) is 4.44. The minimum Gasteiger partial charge on any atom is -0.477 e. The maximum Gasteiger partial charge on any atom is 0.354 e. The van der Waals surface area contributed by atoms with Gasteiger partial charge in [-0.25, -0.2) is 14.8 Å². The van der Waals surface area contributed by atoms with E-state index in [1.807, 2.05) is 0 Å². The first-order chi connectivity index (χ1) is 6.38. The third-order valence-electron chi connectivity index (χ3n) is 1.61. The molecule has 0 saturated heterocycles. The molecule has 1 aromatic heterocycles. The predicted octanol–water partition coefficient (Wildman–Crippen LogP) is 1.76. The smallest absolute Gasteiger partial charge is 0.354 e. The molecule has 0 radical (unpaired) electrons. The Labute approximate surface area is 83.0 Å². The lowest BCUT2D eigenvalue weighted by Crippen LogP contribution is -2.13. The summed E-state index contributed by atoms with van der Waals surface area (Å²) >= 11 is 0. The van der Waals surface area contributed by atoms with Crippen molar-refractivity contribution in [1.82, 2.24) is 9.97 Å². The molecule has 0 atom stereocenters. The molecule has 0 amide bonds. The van der Waals surface area contributed by atoms with E-state index in [9.17, 15) is 4.79 Å². The second-order valence-electron chi connectivity index (χ2n) is 4.40. The van der Waals surface area contributed by atoms with Gasteiger partial charge in [0.05, 0.1) is 0 Å². The van der Waals surface area contributed by atoms with Crippen LogP contribution < -0.4 is 0 Å².